The predicted molar refractivity (Wildman–Crippen MR) is 106 cm³/mol. The van der Waals surface area contributed by atoms with Crippen LogP contribution in [0, 0.1) is 0 Å². The van der Waals surface area contributed by atoms with E-state index in [0.717, 1.165) is 5.56 Å². The third-order valence-electron chi connectivity index (χ3n) is 4.36. The van der Waals surface area contributed by atoms with Gasteiger partial charge in [-0.2, -0.15) is 5.10 Å². The van der Waals surface area contributed by atoms with Gasteiger partial charge in [0.05, 0.1) is 19.9 Å². The second-order valence-electron chi connectivity index (χ2n) is 5.96. The Kier molecular flexibility index (Phi) is 5.80. The largest absolute Gasteiger partial charge is 0.465 e. The van der Waals surface area contributed by atoms with Crippen molar-refractivity contribution in [2.45, 2.75) is 13.3 Å². The highest BCUT2D eigenvalue weighted by molar-refractivity contribution is 6.30. The van der Waals surface area contributed by atoms with Crippen LogP contribution in [-0.2, 0) is 15.9 Å². The molecule has 0 spiro atoms. The van der Waals surface area contributed by atoms with Gasteiger partial charge >= 0.3 is 11.9 Å². The van der Waals surface area contributed by atoms with E-state index in [9.17, 15) is 9.59 Å². The molecule has 2 aromatic carbocycles. The highest BCUT2D eigenvalue weighted by Crippen LogP contribution is 2.32. The number of ether oxygens (including phenoxy) is 2. The van der Waals surface area contributed by atoms with Crippen molar-refractivity contribution in [1.82, 2.24) is 9.78 Å². The summed E-state index contributed by atoms with van der Waals surface area (Å²) < 4.78 is 11.3. The predicted octanol–water partition coefficient (Wildman–Crippen LogP) is 4.33. The molecule has 0 aliphatic rings. The second kappa shape index (κ2) is 8.27. The van der Waals surface area contributed by atoms with E-state index >= 15 is 0 Å². The molecule has 0 N–H and O–H groups in total. The zero-order valence-electron chi connectivity index (χ0n) is 15.7. The van der Waals surface area contributed by atoms with E-state index in [2.05, 4.69) is 5.10 Å². The highest BCUT2D eigenvalue weighted by atomic mass is 35.5. The molecule has 0 atom stereocenters. The first kappa shape index (κ1) is 19.6. The van der Waals surface area contributed by atoms with Gasteiger partial charge in [0.25, 0.3) is 0 Å². The van der Waals surface area contributed by atoms with E-state index in [-0.39, 0.29) is 11.3 Å². The summed E-state index contributed by atoms with van der Waals surface area (Å²) in [6, 6.07) is 14.4. The first-order chi connectivity index (χ1) is 13.5. The van der Waals surface area contributed by atoms with Crippen molar-refractivity contribution in [3.05, 3.63) is 70.4 Å². The molecule has 144 valence electrons. The van der Waals surface area contributed by atoms with Crippen LogP contribution in [0.1, 0.15) is 33.3 Å². The average molecular weight is 399 g/mol. The smallest absolute Gasteiger partial charge is 0.357 e. The Balaban J connectivity index is 2.39. The summed E-state index contributed by atoms with van der Waals surface area (Å²) in [6.45, 7) is 1.97. The number of benzene rings is 2. The third-order valence-corrected chi connectivity index (χ3v) is 4.59. The molecule has 0 fully saturated rings. The van der Waals surface area contributed by atoms with Gasteiger partial charge in [0.2, 0.25) is 0 Å². The Morgan fingerprint density at radius 3 is 2.32 bits per heavy atom. The lowest BCUT2D eigenvalue weighted by molar-refractivity contribution is 0.0549. The number of carbonyl (C=O) groups is 2. The Morgan fingerprint density at radius 1 is 1.04 bits per heavy atom. The Hall–Kier alpha value is -3.12. The molecule has 3 rings (SSSR count). The fourth-order valence-electron chi connectivity index (χ4n) is 3.03. The van der Waals surface area contributed by atoms with E-state index in [4.69, 9.17) is 21.1 Å². The topological polar surface area (TPSA) is 70.4 Å². The number of hydrogen-bond acceptors (Lipinski definition) is 5. The standard InChI is InChI=1S/C21H19ClN2O4/c1-4-13-12-14(22)10-11-16(13)18-17(20(25)27-2)19(21(26)28-3)24(23-18)15-8-6-5-7-9-15/h5-12H,4H2,1-3H3. The number of aromatic nitrogens is 2. The van der Waals surface area contributed by atoms with Crippen molar-refractivity contribution < 1.29 is 19.1 Å². The summed E-state index contributed by atoms with van der Waals surface area (Å²) in [4.78, 5) is 25.2. The summed E-state index contributed by atoms with van der Waals surface area (Å²) in [5, 5.41) is 5.18. The molecular weight excluding hydrogens is 380 g/mol. The minimum absolute atomic E-state index is 0.00699. The molecule has 0 saturated carbocycles. The van der Waals surface area contributed by atoms with Crippen molar-refractivity contribution in [1.29, 1.82) is 0 Å². The van der Waals surface area contributed by atoms with Gasteiger partial charge in [-0.05, 0) is 36.2 Å². The number of nitrogens with zero attached hydrogens (tertiary/aromatic N) is 2. The van der Waals surface area contributed by atoms with Crippen LogP contribution in [0.2, 0.25) is 5.02 Å². The molecule has 6 nitrogen and oxygen atoms in total. The molecule has 3 aromatic rings. The fraction of sp³-hybridized carbons (Fsp3) is 0.190. The molecule has 0 bridgehead atoms. The number of esters is 2. The molecule has 0 unspecified atom stereocenters. The van der Waals surface area contributed by atoms with Crippen molar-refractivity contribution >= 4 is 23.5 Å². The van der Waals surface area contributed by atoms with Crippen LogP contribution in [0.5, 0.6) is 0 Å². The van der Waals surface area contributed by atoms with Crippen molar-refractivity contribution in [3.8, 4) is 16.9 Å². The highest BCUT2D eigenvalue weighted by Gasteiger charge is 2.31. The SMILES string of the molecule is CCc1cc(Cl)ccc1-c1nn(-c2ccccc2)c(C(=O)OC)c1C(=O)OC. The van der Waals surface area contributed by atoms with Crippen molar-refractivity contribution in [3.63, 3.8) is 0 Å². The Bertz CT molecular complexity index is 1030. The molecule has 0 aliphatic heterocycles. The van der Waals surface area contributed by atoms with Crippen LogP contribution < -0.4 is 0 Å². The van der Waals surface area contributed by atoms with Gasteiger partial charge in [0, 0.05) is 10.6 Å². The Labute approximate surface area is 167 Å². The molecule has 0 radical (unpaired) electrons. The fourth-order valence-corrected chi connectivity index (χ4v) is 3.22. The molecule has 1 aromatic heterocycles. The number of para-hydroxylation sites is 1. The van der Waals surface area contributed by atoms with Gasteiger partial charge in [-0.3, -0.25) is 0 Å². The van der Waals surface area contributed by atoms with Crippen LogP contribution in [0.4, 0.5) is 0 Å². The van der Waals surface area contributed by atoms with Gasteiger partial charge in [0.1, 0.15) is 11.3 Å². The zero-order valence-corrected chi connectivity index (χ0v) is 16.5. The van der Waals surface area contributed by atoms with Crippen molar-refractivity contribution in [2.24, 2.45) is 0 Å². The molecule has 0 saturated heterocycles. The quantitative estimate of drug-likeness (QED) is 0.598. The van der Waals surface area contributed by atoms with Crippen molar-refractivity contribution in [2.75, 3.05) is 14.2 Å². The van der Waals surface area contributed by atoms with E-state index in [1.165, 1.54) is 18.9 Å². The maximum absolute atomic E-state index is 12.7. The van der Waals surface area contributed by atoms with Crippen LogP contribution in [0.3, 0.4) is 0 Å². The molecule has 0 aliphatic carbocycles. The molecule has 7 heteroatoms. The first-order valence-corrected chi connectivity index (χ1v) is 9.03. The summed E-state index contributed by atoms with van der Waals surface area (Å²) in [7, 11) is 2.51. The third kappa shape index (κ3) is 3.51. The van der Waals surface area contributed by atoms with Crippen LogP contribution >= 0.6 is 11.6 Å². The lowest BCUT2D eigenvalue weighted by atomic mass is 9.99. The number of aryl methyl sites for hydroxylation is 1. The van der Waals surface area contributed by atoms with Gasteiger partial charge in [0.15, 0.2) is 5.69 Å². The zero-order chi connectivity index (χ0) is 20.3. The average Bonchev–Trinajstić information content (AvgIpc) is 3.13. The number of methoxy groups -OCH3 is 2. The number of halogens is 1. The maximum atomic E-state index is 12.7. The number of carbonyl (C=O) groups excluding carboxylic acids is 2. The van der Waals surface area contributed by atoms with Crippen LogP contribution in [-0.4, -0.2) is 35.9 Å². The number of rotatable bonds is 5. The summed E-state index contributed by atoms with van der Waals surface area (Å²) >= 11 is 6.13. The molecule has 28 heavy (non-hydrogen) atoms. The van der Waals surface area contributed by atoms with Gasteiger partial charge in [-0.15, -0.1) is 0 Å². The number of hydrogen-bond donors (Lipinski definition) is 0. The van der Waals surface area contributed by atoms with E-state index < -0.39 is 11.9 Å². The summed E-state index contributed by atoms with van der Waals surface area (Å²) in [5.41, 5.74) is 2.61. The van der Waals surface area contributed by atoms with Gasteiger partial charge < -0.3 is 9.47 Å². The molecular formula is C21H19ClN2O4. The normalized spacial score (nSPS) is 10.6. The summed E-state index contributed by atoms with van der Waals surface area (Å²) in [6.07, 6.45) is 0.669. The van der Waals surface area contributed by atoms with Gasteiger partial charge in [-0.1, -0.05) is 42.8 Å². The van der Waals surface area contributed by atoms with E-state index in [1.807, 2.05) is 31.2 Å². The molecule has 0 amide bonds. The van der Waals surface area contributed by atoms with Gasteiger partial charge in [-0.25, -0.2) is 14.3 Å². The lowest BCUT2D eigenvalue weighted by Crippen LogP contribution is -2.15. The minimum atomic E-state index is -0.685. The summed E-state index contributed by atoms with van der Waals surface area (Å²) in [5.74, 6) is -1.36. The van der Waals surface area contributed by atoms with Crippen LogP contribution in [0.15, 0.2) is 48.5 Å². The van der Waals surface area contributed by atoms with E-state index in [0.29, 0.717) is 28.4 Å². The maximum Gasteiger partial charge on any atom is 0.357 e. The monoisotopic (exact) mass is 398 g/mol. The second-order valence-corrected chi connectivity index (χ2v) is 6.39. The first-order valence-electron chi connectivity index (χ1n) is 8.65. The lowest BCUT2D eigenvalue weighted by Gasteiger charge is -2.08. The minimum Gasteiger partial charge on any atom is -0.465 e. The van der Waals surface area contributed by atoms with Crippen LogP contribution in [0.25, 0.3) is 16.9 Å². The molecule has 1 heterocycles. The van der Waals surface area contributed by atoms with E-state index in [1.54, 1.807) is 24.3 Å². The Morgan fingerprint density at radius 2 is 1.71 bits per heavy atom.